The summed E-state index contributed by atoms with van der Waals surface area (Å²) in [5.41, 5.74) is 0.937. The van der Waals surface area contributed by atoms with Gasteiger partial charge in [-0.1, -0.05) is 18.2 Å². The van der Waals surface area contributed by atoms with Crippen molar-refractivity contribution in [2.75, 3.05) is 0 Å². The first-order chi connectivity index (χ1) is 8.66. The van der Waals surface area contributed by atoms with E-state index in [2.05, 4.69) is 26.2 Å². The molecule has 1 heterocycles. The Hall–Kier alpha value is -1.75. The lowest BCUT2D eigenvalue weighted by atomic mass is 10.2. The van der Waals surface area contributed by atoms with Crippen molar-refractivity contribution in [2.45, 2.75) is 6.54 Å². The lowest BCUT2D eigenvalue weighted by molar-refractivity contribution is 0.0950. The molecule has 1 aromatic heterocycles. The number of hydrogen-bond acceptors (Lipinski definition) is 2. The van der Waals surface area contributed by atoms with Gasteiger partial charge in [0.15, 0.2) is 0 Å². The minimum Gasteiger partial charge on any atom is -0.348 e. The van der Waals surface area contributed by atoms with Crippen molar-refractivity contribution in [2.24, 2.45) is 0 Å². The SMILES string of the molecule is O=C(NCc1ccccc1F)c1ccnc(Br)c1. The van der Waals surface area contributed by atoms with Crippen molar-refractivity contribution in [1.82, 2.24) is 10.3 Å². The molecule has 0 atom stereocenters. The second-order valence-electron chi connectivity index (χ2n) is 3.64. The van der Waals surface area contributed by atoms with Gasteiger partial charge >= 0.3 is 0 Å². The third-order valence-electron chi connectivity index (χ3n) is 2.39. The fourth-order valence-corrected chi connectivity index (χ4v) is 1.83. The van der Waals surface area contributed by atoms with Crippen LogP contribution in [0.2, 0.25) is 0 Å². The van der Waals surface area contributed by atoms with E-state index in [0.717, 1.165) is 0 Å². The Balaban J connectivity index is 2.03. The van der Waals surface area contributed by atoms with E-state index in [1.165, 1.54) is 12.3 Å². The van der Waals surface area contributed by atoms with Crippen LogP contribution in [0.5, 0.6) is 0 Å². The van der Waals surface area contributed by atoms with Crippen molar-refractivity contribution in [3.05, 3.63) is 64.1 Å². The van der Waals surface area contributed by atoms with Gasteiger partial charge in [0, 0.05) is 23.9 Å². The lowest BCUT2D eigenvalue weighted by Crippen LogP contribution is -2.23. The highest BCUT2D eigenvalue weighted by Crippen LogP contribution is 2.09. The molecule has 0 saturated heterocycles. The number of carbonyl (C=O) groups is 1. The number of hydrogen-bond donors (Lipinski definition) is 1. The highest BCUT2D eigenvalue weighted by molar-refractivity contribution is 9.10. The maximum absolute atomic E-state index is 13.3. The number of amides is 1. The fraction of sp³-hybridized carbons (Fsp3) is 0.0769. The van der Waals surface area contributed by atoms with Crippen LogP contribution >= 0.6 is 15.9 Å². The normalized spacial score (nSPS) is 10.1. The molecule has 0 aliphatic carbocycles. The van der Waals surface area contributed by atoms with E-state index in [1.807, 2.05) is 0 Å². The third kappa shape index (κ3) is 3.13. The van der Waals surface area contributed by atoms with Gasteiger partial charge in [-0.3, -0.25) is 4.79 Å². The number of pyridine rings is 1. The first kappa shape index (κ1) is 12.7. The van der Waals surface area contributed by atoms with Crippen LogP contribution in [-0.2, 0) is 6.54 Å². The molecule has 0 bridgehead atoms. The summed E-state index contributed by atoms with van der Waals surface area (Å²) >= 11 is 3.19. The van der Waals surface area contributed by atoms with Crippen molar-refractivity contribution in [3.8, 4) is 0 Å². The van der Waals surface area contributed by atoms with Gasteiger partial charge in [-0.15, -0.1) is 0 Å². The van der Waals surface area contributed by atoms with Crippen molar-refractivity contribution in [3.63, 3.8) is 0 Å². The summed E-state index contributed by atoms with van der Waals surface area (Å²) in [6, 6.07) is 9.55. The molecular formula is C13H10BrFN2O. The molecule has 0 fully saturated rings. The average Bonchev–Trinajstić information content (AvgIpc) is 2.37. The van der Waals surface area contributed by atoms with Crippen molar-refractivity contribution in [1.29, 1.82) is 0 Å². The minimum absolute atomic E-state index is 0.158. The highest BCUT2D eigenvalue weighted by atomic mass is 79.9. The molecule has 0 saturated carbocycles. The molecule has 92 valence electrons. The van der Waals surface area contributed by atoms with Crippen molar-refractivity contribution < 1.29 is 9.18 Å². The van der Waals surface area contributed by atoms with E-state index in [9.17, 15) is 9.18 Å². The molecule has 0 aliphatic rings. The predicted molar refractivity (Wildman–Crippen MR) is 69.5 cm³/mol. The third-order valence-corrected chi connectivity index (χ3v) is 2.82. The quantitative estimate of drug-likeness (QED) is 0.886. The summed E-state index contributed by atoms with van der Waals surface area (Å²) in [4.78, 5) is 15.7. The smallest absolute Gasteiger partial charge is 0.251 e. The van der Waals surface area contributed by atoms with Gasteiger partial charge in [0.05, 0.1) is 0 Å². The number of halogens is 2. The Labute approximate surface area is 112 Å². The summed E-state index contributed by atoms with van der Waals surface area (Å²) in [6.07, 6.45) is 1.53. The number of nitrogens with one attached hydrogen (secondary N) is 1. The number of rotatable bonds is 3. The van der Waals surface area contributed by atoms with Gasteiger partial charge in [0.1, 0.15) is 10.4 Å². The Bertz CT molecular complexity index is 574. The molecule has 0 unspecified atom stereocenters. The molecule has 1 N–H and O–H groups in total. The largest absolute Gasteiger partial charge is 0.348 e. The van der Waals surface area contributed by atoms with Crippen LogP contribution in [0.4, 0.5) is 4.39 Å². The van der Waals surface area contributed by atoms with E-state index in [-0.39, 0.29) is 18.3 Å². The molecule has 0 spiro atoms. The highest BCUT2D eigenvalue weighted by Gasteiger charge is 2.07. The summed E-state index contributed by atoms with van der Waals surface area (Å²) in [7, 11) is 0. The number of carbonyl (C=O) groups excluding carboxylic acids is 1. The van der Waals surface area contributed by atoms with Gasteiger partial charge in [0.2, 0.25) is 0 Å². The summed E-state index contributed by atoms with van der Waals surface area (Å²) in [5.74, 6) is -0.588. The van der Waals surface area contributed by atoms with Gasteiger partial charge in [-0.25, -0.2) is 9.37 Å². The van der Waals surface area contributed by atoms with Crippen LogP contribution in [0.15, 0.2) is 47.2 Å². The van der Waals surface area contributed by atoms with E-state index in [0.29, 0.717) is 15.7 Å². The maximum atomic E-state index is 13.3. The number of aromatic nitrogens is 1. The number of benzene rings is 1. The maximum Gasteiger partial charge on any atom is 0.251 e. The first-order valence-electron chi connectivity index (χ1n) is 5.30. The van der Waals surface area contributed by atoms with E-state index in [1.54, 1.807) is 30.3 Å². The molecule has 1 aromatic carbocycles. The van der Waals surface area contributed by atoms with Crippen molar-refractivity contribution >= 4 is 21.8 Å². The Morgan fingerprint density at radius 3 is 2.83 bits per heavy atom. The zero-order chi connectivity index (χ0) is 13.0. The Morgan fingerprint density at radius 1 is 1.33 bits per heavy atom. The topological polar surface area (TPSA) is 42.0 Å². The van der Waals surface area contributed by atoms with Crippen LogP contribution in [0.3, 0.4) is 0 Å². The molecular weight excluding hydrogens is 299 g/mol. The van der Waals surface area contributed by atoms with Crippen LogP contribution < -0.4 is 5.32 Å². The minimum atomic E-state index is -0.325. The predicted octanol–water partition coefficient (Wildman–Crippen LogP) is 2.91. The molecule has 2 rings (SSSR count). The average molecular weight is 309 g/mol. The zero-order valence-corrected chi connectivity index (χ0v) is 10.9. The van der Waals surface area contributed by atoms with Gasteiger partial charge in [-0.05, 0) is 34.1 Å². The van der Waals surface area contributed by atoms with E-state index >= 15 is 0 Å². The Morgan fingerprint density at radius 2 is 2.11 bits per heavy atom. The molecule has 0 aliphatic heterocycles. The van der Waals surface area contributed by atoms with Crippen LogP contribution in [0.1, 0.15) is 15.9 Å². The van der Waals surface area contributed by atoms with Crippen LogP contribution in [0.25, 0.3) is 0 Å². The molecule has 0 radical (unpaired) electrons. The van der Waals surface area contributed by atoms with Gasteiger partial charge < -0.3 is 5.32 Å². The van der Waals surface area contributed by atoms with E-state index in [4.69, 9.17) is 0 Å². The monoisotopic (exact) mass is 308 g/mol. The molecule has 2 aromatic rings. The standard InChI is InChI=1S/C13H10BrFN2O/c14-12-7-9(5-6-16-12)13(18)17-8-10-3-1-2-4-11(10)15/h1-7H,8H2,(H,17,18). The van der Waals surface area contributed by atoms with Crippen LogP contribution in [0, 0.1) is 5.82 Å². The van der Waals surface area contributed by atoms with Gasteiger partial charge in [0.25, 0.3) is 5.91 Å². The lowest BCUT2D eigenvalue weighted by Gasteiger charge is -2.06. The summed E-state index contributed by atoms with van der Waals surface area (Å²) in [6.45, 7) is 0.158. The van der Waals surface area contributed by atoms with E-state index < -0.39 is 0 Å². The number of nitrogens with zero attached hydrogens (tertiary/aromatic N) is 1. The summed E-state index contributed by atoms with van der Waals surface area (Å²) < 4.78 is 13.9. The molecule has 3 nitrogen and oxygen atoms in total. The molecule has 18 heavy (non-hydrogen) atoms. The van der Waals surface area contributed by atoms with Crippen LogP contribution in [-0.4, -0.2) is 10.9 Å². The molecule has 1 amide bonds. The first-order valence-corrected chi connectivity index (χ1v) is 6.09. The fourth-order valence-electron chi connectivity index (χ4n) is 1.46. The second kappa shape index (κ2) is 5.73. The Kier molecular flexibility index (Phi) is 4.04. The zero-order valence-electron chi connectivity index (χ0n) is 9.36. The summed E-state index contributed by atoms with van der Waals surface area (Å²) in [5, 5.41) is 2.66. The second-order valence-corrected chi connectivity index (χ2v) is 4.45. The van der Waals surface area contributed by atoms with Gasteiger partial charge in [-0.2, -0.15) is 0 Å². The molecule has 5 heteroatoms.